The minimum absolute atomic E-state index is 0.00749. The van der Waals surface area contributed by atoms with E-state index >= 15 is 0 Å². The lowest BCUT2D eigenvalue weighted by molar-refractivity contribution is -0.124. The molecule has 3 heterocycles. The number of anilines is 2. The smallest absolute Gasteiger partial charge is 0.354 e. The van der Waals surface area contributed by atoms with Crippen LogP contribution in [0.25, 0.3) is 23.0 Å². The molecule has 3 aromatic heterocycles. The SMILES string of the molecule is CCNc1nc(C)cc(-c2nc(-c3cc(C)c(OC[C@@H](O)CNC(=O)CO)c(CC)c3)no2)n1.CCNc1nc(C)cc(C(=O)O)n1. The third-order valence-corrected chi connectivity index (χ3v) is 6.33. The minimum atomic E-state index is -1.04. The summed E-state index contributed by atoms with van der Waals surface area (Å²) < 4.78 is 11.3. The van der Waals surface area contributed by atoms with Gasteiger partial charge in [-0.3, -0.25) is 4.79 Å². The molecular weight excluding hydrogens is 610 g/mol. The molecular formula is C31H41N9O7. The van der Waals surface area contributed by atoms with Crippen LogP contribution in [-0.4, -0.2) is 96.2 Å². The van der Waals surface area contributed by atoms with E-state index in [-0.39, 0.29) is 18.8 Å². The van der Waals surface area contributed by atoms with Gasteiger partial charge in [0.15, 0.2) is 5.69 Å². The van der Waals surface area contributed by atoms with Crippen LogP contribution in [-0.2, 0) is 11.2 Å². The molecule has 252 valence electrons. The molecule has 0 fully saturated rings. The van der Waals surface area contributed by atoms with Gasteiger partial charge in [-0.25, -0.2) is 24.7 Å². The second kappa shape index (κ2) is 17.5. The topological polar surface area (TPSA) is 231 Å². The van der Waals surface area contributed by atoms with E-state index in [1.54, 1.807) is 13.0 Å². The number of carboxylic acid groups (broad SMARTS) is 1. The van der Waals surface area contributed by atoms with Crippen LogP contribution < -0.4 is 20.7 Å². The molecule has 0 saturated carbocycles. The molecule has 0 unspecified atom stereocenters. The lowest BCUT2D eigenvalue weighted by Crippen LogP contribution is -2.36. The van der Waals surface area contributed by atoms with Crippen LogP contribution in [0.4, 0.5) is 11.9 Å². The number of aliphatic hydroxyl groups excluding tert-OH is 2. The Hall–Kier alpha value is -5.22. The number of rotatable bonds is 14. The minimum Gasteiger partial charge on any atom is -0.490 e. The summed E-state index contributed by atoms with van der Waals surface area (Å²) in [6, 6.07) is 7.03. The summed E-state index contributed by atoms with van der Waals surface area (Å²) in [7, 11) is 0. The van der Waals surface area contributed by atoms with Crippen LogP contribution in [0, 0.1) is 20.8 Å². The molecule has 47 heavy (non-hydrogen) atoms. The predicted octanol–water partition coefficient (Wildman–Crippen LogP) is 2.57. The number of aromatic carboxylic acids is 1. The van der Waals surface area contributed by atoms with Crippen molar-refractivity contribution in [3.63, 3.8) is 0 Å². The molecule has 4 rings (SSSR count). The van der Waals surface area contributed by atoms with Crippen molar-refractivity contribution in [2.45, 2.75) is 54.1 Å². The average molecular weight is 652 g/mol. The Morgan fingerprint density at radius 3 is 2.19 bits per heavy atom. The molecule has 0 saturated heterocycles. The van der Waals surface area contributed by atoms with Gasteiger partial charge in [0, 0.05) is 36.6 Å². The molecule has 0 bridgehead atoms. The molecule has 1 amide bonds. The van der Waals surface area contributed by atoms with Gasteiger partial charge in [0.2, 0.25) is 23.6 Å². The zero-order valence-corrected chi connectivity index (χ0v) is 27.3. The Balaban J connectivity index is 0.000000386. The number of carbonyl (C=O) groups excluding carboxylic acids is 1. The van der Waals surface area contributed by atoms with E-state index in [0.29, 0.717) is 60.3 Å². The van der Waals surface area contributed by atoms with Crippen molar-refractivity contribution in [3.05, 3.63) is 52.5 Å². The Morgan fingerprint density at radius 2 is 1.57 bits per heavy atom. The van der Waals surface area contributed by atoms with Crippen molar-refractivity contribution in [1.29, 1.82) is 0 Å². The number of benzene rings is 1. The molecule has 16 heteroatoms. The lowest BCUT2D eigenvalue weighted by atomic mass is 10.0. The van der Waals surface area contributed by atoms with Gasteiger partial charge in [-0.05, 0) is 76.4 Å². The molecule has 0 aliphatic heterocycles. The maximum absolute atomic E-state index is 11.1. The second-order valence-corrected chi connectivity index (χ2v) is 10.3. The fourth-order valence-corrected chi connectivity index (χ4v) is 4.25. The zero-order valence-electron chi connectivity index (χ0n) is 27.3. The molecule has 1 atom stereocenters. The number of nitrogens with one attached hydrogen (secondary N) is 3. The van der Waals surface area contributed by atoms with E-state index < -0.39 is 24.6 Å². The Labute approximate surface area is 272 Å². The van der Waals surface area contributed by atoms with Gasteiger partial charge >= 0.3 is 5.97 Å². The summed E-state index contributed by atoms with van der Waals surface area (Å²) in [5.41, 5.74) is 4.51. The first-order valence-corrected chi connectivity index (χ1v) is 15.1. The van der Waals surface area contributed by atoms with E-state index in [4.69, 9.17) is 19.5 Å². The lowest BCUT2D eigenvalue weighted by Gasteiger charge is -2.17. The van der Waals surface area contributed by atoms with E-state index in [1.807, 2.05) is 46.8 Å². The van der Waals surface area contributed by atoms with E-state index in [1.165, 1.54) is 6.07 Å². The molecule has 0 aliphatic rings. The first-order valence-electron chi connectivity index (χ1n) is 15.1. The summed E-state index contributed by atoms with van der Waals surface area (Å²) >= 11 is 0. The van der Waals surface area contributed by atoms with Gasteiger partial charge in [0.1, 0.15) is 30.8 Å². The van der Waals surface area contributed by atoms with Crippen LogP contribution in [0.2, 0.25) is 0 Å². The summed E-state index contributed by atoms with van der Waals surface area (Å²) in [5.74, 6) is 0.647. The van der Waals surface area contributed by atoms with Gasteiger partial charge in [-0.2, -0.15) is 4.98 Å². The quantitative estimate of drug-likeness (QED) is 0.115. The predicted molar refractivity (Wildman–Crippen MR) is 173 cm³/mol. The molecule has 6 N–H and O–H groups in total. The highest BCUT2D eigenvalue weighted by atomic mass is 16.5. The van der Waals surface area contributed by atoms with Gasteiger partial charge in [0.05, 0.1) is 0 Å². The number of aryl methyl sites for hydroxylation is 4. The van der Waals surface area contributed by atoms with Gasteiger partial charge in [-0.15, -0.1) is 0 Å². The van der Waals surface area contributed by atoms with Crippen LogP contribution in [0.1, 0.15) is 53.8 Å². The zero-order chi connectivity index (χ0) is 34.5. The molecule has 1 aromatic carbocycles. The van der Waals surface area contributed by atoms with Crippen LogP contribution in [0.3, 0.4) is 0 Å². The fourth-order valence-electron chi connectivity index (χ4n) is 4.25. The monoisotopic (exact) mass is 651 g/mol. The molecule has 4 aromatic rings. The molecule has 0 aliphatic carbocycles. The largest absolute Gasteiger partial charge is 0.490 e. The maximum atomic E-state index is 11.1. The maximum Gasteiger partial charge on any atom is 0.354 e. The molecule has 16 nitrogen and oxygen atoms in total. The van der Waals surface area contributed by atoms with Crippen LogP contribution in [0.5, 0.6) is 5.75 Å². The van der Waals surface area contributed by atoms with Crippen molar-refractivity contribution < 1.29 is 34.2 Å². The highest BCUT2D eigenvalue weighted by molar-refractivity contribution is 5.85. The van der Waals surface area contributed by atoms with E-state index in [2.05, 4.69) is 46.0 Å². The summed E-state index contributed by atoms with van der Waals surface area (Å²) in [6.45, 7) is 12.1. The Morgan fingerprint density at radius 1 is 0.915 bits per heavy atom. The number of carboxylic acids is 1. The highest BCUT2D eigenvalue weighted by Gasteiger charge is 2.18. The van der Waals surface area contributed by atoms with Gasteiger partial charge < -0.3 is 40.5 Å². The second-order valence-electron chi connectivity index (χ2n) is 10.3. The summed E-state index contributed by atoms with van der Waals surface area (Å²) in [6.07, 6.45) is -0.231. The standard InChI is InChI=1S/C23H30N6O5.C8H11N3O2/c1-5-15-9-16(7-13(3)20(15)33-12-17(31)10-25-19(32)11-30)21-28-22(34-29-21)18-8-14(4)26-23(27-18)24-6-2;1-3-9-8-10-5(2)4-6(11-8)7(12)13/h7-9,17,30-31H,5-6,10-12H2,1-4H3,(H,25,32)(H,24,26,27);4H,3H2,1-2H3,(H,12,13)(H,9,10,11)/t17-;/m0./s1. The summed E-state index contributed by atoms with van der Waals surface area (Å²) in [5, 5.41) is 40.0. The number of aromatic nitrogens is 6. The Kier molecular flexibility index (Phi) is 13.5. The summed E-state index contributed by atoms with van der Waals surface area (Å²) in [4.78, 5) is 42.8. The van der Waals surface area contributed by atoms with Crippen molar-refractivity contribution in [2.75, 3.05) is 43.5 Å². The molecule has 0 radical (unpaired) electrons. The Bertz CT molecular complexity index is 1660. The molecule has 0 spiro atoms. The third kappa shape index (κ3) is 10.7. The van der Waals surface area contributed by atoms with E-state index in [9.17, 15) is 14.7 Å². The first-order chi connectivity index (χ1) is 22.5. The van der Waals surface area contributed by atoms with Gasteiger partial charge in [0.25, 0.3) is 5.89 Å². The number of hydrogen-bond donors (Lipinski definition) is 6. The fraction of sp³-hybridized carbons (Fsp3) is 0.419. The van der Waals surface area contributed by atoms with Crippen molar-refractivity contribution in [3.8, 4) is 28.7 Å². The first kappa shape index (κ1) is 36.3. The van der Waals surface area contributed by atoms with Gasteiger partial charge in [-0.1, -0.05) is 12.1 Å². The van der Waals surface area contributed by atoms with Crippen LogP contribution in [0.15, 0.2) is 28.8 Å². The number of amides is 1. The normalized spacial score (nSPS) is 11.2. The number of hydrogen-bond acceptors (Lipinski definition) is 14. The van der Waals surface area contributed by atoms with Crippen molar-refractivity contribution in [2.24, 2.45) is 0 Å². The number of aliphatic hydroxyl groups is 2. The number of nitrogens with zero attached hydrogens (tertiary/aromatic N) is 6. The average Bonchev–Trinajstić information content (AvgIpc) is 3.53. The van der Waals surface area contributed by atoms with E-state index in [0.717, 1.165) is 22.4 Å². The highest BCUT2D eigenvalue weighted by Crippen LogP contribution is 2.31. The number of carbonyl (C=O) groups is 2. The third-order valence-electron chi connectivity index (χ3n) is 6.33. The van der Waals surface area contributed by atoms with Crippen molar-refractivity contribution in [1.82, 2.24) is 35.4 Å². The van der Waals surface area contributed by atoms with Crippen LogP contribution >= 0.6 is 0 Å². The number of ether oxygens (including phenoxy) is 1. The van der Waals surface area contributed by atoms with Crippen molar-refractivity contribution >= 4 is 23.8 Å².